The van der Waals surface area contributed by atoms with Crippen LogP contribution in [0.5, 0.6) is 17.2 Å². The average molecular weight is 385 g/mol. The zero-order valence-electron chi connectivity index (χ0n) is 14.8. The van der Waals surface area contributed by atoms with Crippen molar-refractivity contribution in [2.75, 3.05) is 20.3 Å². The molecule has 0 radical (unpaired) electrons. The summed E-state index contributed by atoms with van der Waals surface area (Å²) in [6.07, 6.45) is 2.37. The number of carbonyl (C=O) groups excluding carboxylic acids is 2. The molecule has 3 rings (SSSR count). The summed E-state index contributed by atoms with van der Waals surface area (Å²) >= 11 is 0.894. The summed E-state index contributed by atoms with van der Waals surface area (Å²) in [5, 5.41) is 1.88. The third kappa shape index (κ3) is 5.27. The van der Waals surface area contributed by atoms with Gasteiger partial charge in [0.05, 0.1) is 25.2 Å². The average Bonchev–Trinajstić information content (AvgIpc) is 2.99. The monoisotopic (exact) mass is 385 g/mol. The van der Waals surface area contributed by atoms with Gasteiger partial charge in [0.15, 0.2) is 11.5 Å². The first-order valence-electron chi connectivity index (χ1n) is 8.39. The standard InChI is InChI=1S/C20H19NO5S/c1-24-16-8-2-3-9-17(16)26-11-5-10-25-15-7-4-6-14(12-15)13-18-19(22)21-20(23)27-18/h2-4,6-9,12-13H,5,10-11H2,1H3,(H,21,22,23)/b18-13+. The summed E-state index contributed by atoms with van der Waals surface area (Å²) in [6, 6.07) is 14.8. The number of ether oxygens (including phenoxy) is 3. The fraction of sp³-hybridized carbons (Fsp3) is 0.200. The van der Waals surface area contributed by atoms with Gasteiger partial charge in [-0.15, -0.1) is 0 Å². The summed E-state index contributed by atoms with van der Waals surface area (Å²) in [5.41, 5.74) is 0.796. The number of methoxy groups -OCH3 is 1. The molecule has 2 aromatic rings. The number of carbonyl (C=O) groups is 2. The number of thioether (sulfide) groups is 1. The van der Waals surface area contributed by atoms with E-state index in [1.165, 1.54) is 0 Å². The van der Waals surface area contributed by atoms with E-state index in [0.717, 1.165) is 17.3 Å². The lowest BCUT2D eigenvalue weighted by atomic mass is 10.2. The second-order valence-corrected chi connectivity index (χ2v) is 6.64. The lowest BCUT2D eigenvalue weighted by Crippen LogP contribution is -2.17. The number of amides is 2. The van der Waals surface area contributed by atoms with E-state index in [0.29, 0.717) is 41.8 Å². The summed E-state index contributed by atoms with van der Waals surface area (Å²) in [5.74, 6) is 1.73. The highest BCUT2D eigenvalue weighted by Gasteiger charge is 2.24. The molecule has 0 aromatic heterocycles. The fourth-order valence-electron chi connectivity index (χ4n) is 2.44. The fourth-order valence-corrected chi connectivity index (χ4v) is 3.12. The van der Waals surface area contributed by atoms with Gasteiger partial charge in [0, 0.05) is 6.42 Å². The van der Waals surface area contributed by atoms with Gasteiger partial charge >= 0.3 is 0 Å². The van der Waals surface area contributed by atoms with Gasteiger partial charge in [0.25, 0.3) is 11.1 Å². The van der Waals surface area contributed by atoms with Gasteiger partial charge in [-0.05, 0) is 47.7 Å². The molecule has 0 aliphatic carbocycles. The van der Waals surface area contributed by atoms with Crippen molar-refractivity contribution in [3.63, 3.8) is 0 Å². The van der Waals surface area contributed by atoms with Crippen LogP contribution in [0.1, 0.15) is 12.0 Å². The van der Waals surface area contributed by atoms with E-state index in [1.54, 1.807) is 13.2 Å². The van der Waals surface area contributed by atoms with Crippen molar-refractivity contribution in [1.82, 2.24) is 5.32 Å². The van der Waals surface area contributed by atoms with Crippen molar-refractivity contribution in [3.05, 3.63) is 59.0 Å². The molecule has 0 unspecified atom stereocenters. The zero-order valence-corrected chi connectivity index (χ0v) is 15.6. The van der Waals surface area contributed by atoms with Crippen molar-refractivity contribution in [2.24, 2.45) is 0 Å². The molecule has 0 saturated carbocycles. The molecule has 1 fully saturated rings. The first-order chi connectivity index (χ1) is 13.2. The quantitative estimate of drug-likeness (QED) is 0.549. The molecule has 1 aliphatic rings. The SMILES string of the molecule is COc1ccccc1OCCCOc1cccc(/C=C2/SC(=O)NC2=O)c1. The Labute approximate surface area is 161 Å². The predicted molar refractivity (Wildman–Crippen MR) is 104 cm³/mol. The number of hydrogen-bond donors (Lipinski definition) is 1. The first kappa shape index (κ1) is 18.8. The van der Waals surface area contributed by atoms with Gasteiger partial charge in [-0.2, -0.15) is 0 Å². The molecule has 27 heavy (non-hydrogen) atoms. The summed E-state index contributed by atoms with van der Waals surface area (Å²) < 4.78 is 16.7. The van der Waals surface area contributed by atoms with Crippen LogP contribution in [0.2, 0.25) is 0 Å². The van der Waals surface area contributed by atoms with E-state index >= 15 is 0 Å². The minimum absolute atomic E-state index is 0.353. The van der Waals surface area contributed by atoms with Crippen molar-refractivity contribution in [2.45, 2.75) is 6.42 Å². The Hall–Kier alpha value is -2.93. The molecule has 7 heteroatoms. The summed E-state index contributed by atoms with van der Waals surface area (Å²) in [6.45, 7) is 0.992. The van der Waals surface area contributed by atoms with Crippen LogP contribution < -0.4 is 19.5 Å². The van der Waals surface area contributed by atoms with Gasteiger partial charge < -0.3 is 14.2 Å². The van der Waals surface area contributed by atoms with Crippen molar-refractivity contribution in [3.8, 4) is 17.2 Å². The van der Waals surface area contributed by atoms with E-state index in [2.05, 4.69) is 5.32 Å². The Kier molecular flexibility index (Phi) is 6.38. The number of para-hydroxylation sites is 2. The van der Waals surface area contributed by atoms with E-state index in [1.807, 2.05) is 48.5 Å². The lowest BCUT2D eigenvalue weighted by molar-refractivity contribution is -0.115. The molecule has 0 atom stereocenters. The molecule has 0 spiro atoms. The molecule has 140 valence electrons. The molecular weight excluding hydrogens is 366 g/mol. The Bertz CT molecular complexity index is 865. The number of hydrogen-bond acceptors (Lipinski definition) is 6. The van der Waals surface area contributed by atoms with Gasteiger partial charge in [-0.3, -0.25) is 14.9 Å². The van der Waals surface area contributed by atoms with Crippen LogP contribution in [0.3, 0.4) is 0 Å². The van der Waals surface area contributed by atoms with E-state index < -0.39 is 0 Å². The van der Waals surface area contributed by atoms with Crippen LogP contribution in [0.15, 0.2) is 53.4 Å². The minimum atomic E-state index is -0.371. The maximum atomic E-state index is 11.6. The van der Waals surface area contributed by atoms with E-state index in [-0.39, 0.29) is 11.1 Å². The second kappa shape index (κ2) is 9.14. The van der Waals surface area contributed by atoms with Gasteiger partial charge in [-0.1, -0.05) is 24.3 Å². The Morgan fingerprint density at radius 2 is 1.78 bits per heavy atom. The number of imide groups is 1. The highest BCUT2D eigenvalue weighted by molar-refractivity contribution is 8.18. The van der Waals surface area contributed by atoms with Crippen molar-refractivity contribution < 1.29 is 23.8 Å². The molecule has 2 amide bonds. The van der Waals surface area contributed by atoms with E-state index in [9.17, 15) is 9.59 Å². The van der Waals surface area contributed by atoms with Crippen molar-refractivity contribution in [1.29, 1.82) is 0 Å². The zero-order chi connectivity index (χ0) is 19.1. The Morgan fingerprint density at radius 3 is 2.52 bits per heavy atom. The van der Waals surface area contributed by atoms with Crippen LogP contribution in [-0.2, 0) is 4.79 Å². The van der Waals surface area contributed by atoms with Crippen LogP contribution in [0, 0.1) is 0 Å². The van der Waals surface area contributed by atoms with Crippen LogP contribution in [-0.4, -0.2) is 31.5 Å². The predicted octanol–water partition coefficient (Wildman–Crippen LogP) is 3.87. The third-order valence-electron chi connectivity index (χ3n) is 3.68. The molecule has 6 nitrogen and oxygen atoms in total. The summed E-state index contributed by atoms with van der Waals surface area (Å²) in [4.78, 5) is 23.2. The molecule has 0 bridgehead atoms. The molecule has 2 aromatic carbocycles. The lowest BCUT2D eigenvalue weighted by Gasteiger charge is -2.11. The highest BCUT2D eigenvalue weighted by Crippen LogP contribution is 2.27. The van der Waals surface area contributed by atoms with Crippen molar-refractivity contribution >= 4 is 29.0 Å². The Balaban J connectivity index is 1.48. The van der Waals surface area contributed by atoms with E-state index in [4.69, 9.17) is 14.2 Å². The highest BCUT2D eigenvalue weighted by atomic mass is 32.2. The maximum absolute atomic E-state index is 11.6. The Morgan fingerprint density at radius 1 is 1.00 bits per heavy atom. The maximum Gasteiger partial charge on any atom is 0.290 e. The molecule has 1 heterocycles. The van der Waals surface area contributed by atoms with Crippen LogP contribution in [0.25, 0.3) is 6.08 Å². The summed E-state index contributed by atoms with van der Waals surface area (Å²) in [7, 11) is 1.61. The number of rotatable bonds is 8. The first-order valence-corrected chi connectivity index (χ1v) is 9.21. The molecule has 1 N–H and O–H groups in total. The molecule has 1 saturated heterocycles. The van der Waals surface area contributed by atoms with Gasteiger partial charge in [-0.25, -0.2) is 0 Å². The second-order valence-electron chi connectivity index (χ2n) is 5.63. The largest absolute Gasteiger partial charge is 0.493 e. The normalized spacial score (nSPS) is 14.9. The molecular formula is C20H19NO5S. The van der Waals surface area contributed by atoms with Gasteiger partial charge in [0.2, 0.25) is 0 Å². The van der Waals surface area contributed by atoms with Crippen LogP contribution in [0.4, 0.5) is 4.79 Å². The van der Waals surface area contributed by atoms with Crippen LogP contribution >= 0.6 is 11.8 Å². The van der Waals surface area contributed by atoms with Gasteiger partial charge in [0.1, 0.15) is 5.75 Å². The smallest absolute Gasteiger partial charge is 0.290 e. The molecule has 1 aliphatic heterocycles. The number of nitrogens with one attached hydrogen (secondary N) is 1. The topological polar surface area (TPSA) is 73.9 Å². The third-order valence-corrected chi connectivity index (χ3v) is 4.49. The minimum Gasteiger partial charge on any atom is -0.493 e. The number of benzene rings is 2.